The maximum absolute atomic E-state index is 12.2. The highest BCUT2D eigenvalue weighted by molar-refractivity contribution is 9.10. The zero-order valence-corrected chi connectivity index (χ0v) is 16.1. The van der Waals surface area contributed by atoms with Crippen molar-refractivity contribution in [1.82, 2.24) is 5.32 Å². The van der Waals surface area contributed by atoms with Gasteiger partial charge in [-0.3, -0.25) is 4.79 Å². The molecule has 130 valence electrons. The van der Waals surface area contributed by atoms with E-state index in [1.54, 1.807) is 31.4 Å². The standard InChI is InChI=1S/C18H17BrN2O3S/c1-10-3-6-15(24-2)13(7-10)20-18-21-17(23)16(25-18)9-11-8-12(19)4-5-14(11)22/h3-9,18,20,22H,1-2H3,(H,21,23)/b16-9-. The molecule has 0 aromatic heterocycles. The van der Waals surface area contributed by atoms with Crippen LogP contribution in [-0.4, -0.2) is 23.6 Å². The smallest absolute Gasteiger partial charge is 0.260 e. The summed E-state index contributed by atoms with van der Waals surface area (Å²) in [4.78, 5) is 12.8. The topological polar surface area (TPSA) is 70.6 Å². The Morgan fingerprint density at radius 1 is 1.32 bits per heavy atom. The lowest BCUT2D eigenvalue weighted by Gasteiger charge is -2.16. The summed E-state index contributed by atoms with van der Waals surface area (Å²) in [5.41, 5.74) is 2.17. The number of phenolic OH excluding ortho intramolecular Hbond substituents is 1. The van der Waals surface area contributed by atoms with Crippen LogP contribution in [0.4, 0.5) is 5.69 Å². The van der Waals surface area contributed by atoms with Gasteiger partial charge in [-0.15, -0.1) is 0 Å². The Morgan fingerprint density at radius 2 is 2.12 bits per heavy atom. The zero-order valence-electron chi connectivity index (χ0n) is 13.7. The number of nitrogens with one attached hydrogen (secondary N) is 2. The highest BCUT2D eigenvalue weighted by Gasteiger charge is 2.28. The van der Waals surface area contributed by atoms with Crippen molar-refractivity contribution in [3.8, 4) is 11.5 Å². The first-order chi connectivity index (χ1) is 12.0. The maximum Gasteiger partial charge on any atom is 0.260 e. The minimum atomic E-state index is -0.316. The number of aromatic hydroxyl groups is 1. The Kier molecular flexibility index (Phi) is 5.24. The number of hydrogen-bond acceptors (Lipinski definition) is 5. The molecule has 0 radical (unpaired) electrons. The van der Waals surface area contributed by atoms with Crippen molar-refractivity contribution in [2.45, 2.75) is 12.4 Å². The molecule has 1 saturated heterocycles. The van der Waals surface area contributed by atoms with Crippen LogP contribution in [-0.2, 0) is 4.79 Å². The average Bonchev–Trinajstić information content (AvgIpc) is 2.90. The number of ether oxygens (including phenoxy) is 1. The molecule has 3 rings (SSSR count). The third-order valence-electron chi connectivity index (χ3n) is 3.65. The number of benzene rings is 2. The second-order valence-electron chi connectivity index (χ2n) is 5.53. The fourth-order valence-electron chi connectivity index (χ4n) is 2.42. The van der Waals surface area contributed by atoms with Gasteiger partial charge in [0.05, 0.1) is 17.7 Å². The number of carbonyl (C=O) groups excluding carboxylic acids is 1. The van der Waals surface area contributed by atoms with Crippen molar-refractivity contribution in [3.63, 3.8) is 0 Å². The number of anilines is 1. The summed E-state index contributed by atoms with van der Waals surface area (Å²) >= 11 is 4.72. The third-order valence-corrected chi connectivity index (χ3v) is 5.17. The van der Waals surface area contributed by atoms with Crippen molar-refractivity contribution in [2.24, 2.45) is 0 Å². The van der Waals surface area contributed by atoms with E-state index in [9.17, 15) is 9.90 Å². The largest absolute Gasteiger partial charge is 0.507 e. The summed E-state index contributed by atoms with van der Waals surface area (Å²) < 4.78 is 6.18. The lowest BCUT2D eigenvalue weighted by atomic mass is 10.2. The van der Waals surface area contributed by atoms with E-state index in [0.717, 1.165) is 15.7 Å². The molecule has 0 spiro atoms. The van der Waals surface area contributed by atoms with E-state index in [2.05, 4.69) is 26.6 Å². The Morgan fingerprint density at radius 3 is 2.88 bits per heavy atom. The minimum Gasteiger partial charge on any atom is -0.507 e. The first-order valence-corrected chi connectivity index (χ1v) is 9.22. The van der Waals surface area contributed by atoms with E-state index in [1.165, 1.54) is 11.8 Å². The molecule has 3 N–H and O–H groups in total. The number of hydrogen-bond donors (Lipinski definition) is 3. The number of rotatable bonds is 4. The van der Waals surface area contributed by atoms with Crippen LogP contribution < -0.4 is 15.4 Å². The van der Waals surface area contributed by atoms with Crippen LogP contribution in [0.2, 0.25) is 0 Å². The third kappa shape index (κ3) is 4.11. The van der Waals surface area contributed by atoms with E-state index in [1.807, 2.05) is 25.1 Å². The van der Waals surface area contributed by atoms with Gasteiger partial charge in [-0.1, -0.05) is 33.8 Å². The molecule has 0 aliphatic carbocycles. The summed E-state index contributed by atoms with van der Waals surface area (Å²) in [5, 5.41) is 16.1. The normalized spacial score (nSPS) is 18.3. The van der Waals surface area contributed by atoms with Crippen LogP contribution in [0.15, 0.2) is 45.8 Å². The molecule has 5 nitrogen and oxygen atoms in total. The average molecular weight is 421 g/mol. The molecule has 2 aromatic carbocycles. The molecule has 1 fully saturated rings. The van der Waals surface area contributed by atoms with E-state index < -0.39 is 0 Å². The molecule has 2 aromatic rings. The second kappa shape index (κ2) is 7.41. The fraction of sp³-hybridized carbons (Fsp3) is 0.167. The fourth-order valence-corrected chi connectivity index (χ4v) is 3.77. The molecule has 0 bridgehead atoms. The van der Waals surface area contributed by atoms with Crippen LogP contribution in [0.1, 0.15) is 11.1 Å². The van der Waals surface area contributed by atoms with Crippen molar-refractivity contribution in [1.29, 1.82) is 0 Å². The van der Waals surface area contributed by atoms with E-state index in [0.29, 0.717) is 16.2 Å². The summed E-state index contributed by atoms with van der Waals surface area (Å²) in [6, 6.07) is 10.9. The van der Waals surface area contributed by atoms with Gasteiger partial charge in [-0.2, -0.15) is 0 Å². The van der Waals surface area contributed by atoms with E-state index >= 15 is 0 Å². The van der Waals surface area contributed by atoms with Gasteiger partial charge in [0.2, 0.25) is 0 Å². The zero-order chi connectivity index (χ0) is 18.0. The predicted octanol–water partition coefficient (Wildman–Crippen LogP) is 4.07. The number of methoxy groups -OCH3 is 1. The Bertz CT molecular complexity index is 854. The molecular weight excluding hydrogens is 404 g/mol. The van der Waals surface area contributed by atoms with Gasteiger partial charge in [0.15, 0.2) is 5.50 Å². The Hall–Kier alpha value is -2.12. The molecule has 1 aliphatic heterocycles. The molecule has 25 heavy (non-hydrogen) atoms. The van der Waals surface area contributed by atoms with E-state index in [-0.39, 0.29) is 17.2 Å². The molecule has 1 amide bonds. The Balaban J connectivity index is 1.80. The molecular formula is C18H17BrN2O3S. The van der Waals surface area contributed by atoms with Gasteiger partial charge in [0, 0.05) is 10.0 Å². The van der Waals surface area contributed by atoms with Crippen molar-refractivity contribution in [2.75, 3.05) is 12.4 Å². The number of halogens is 1. The summed E-state index contributed by atoms with van der Waals surface area (Å²) in [5.74, 6) is 0.650. The predicted molar refractivity (Wildman–Crippen MR) is 105 cm³/mol. The van der Waals surface area contributed by atoms with E-state index in [4.69, 9.17) is 4.74 Å². The van der Waals surface area contributed by atoms with Crippen molar-refractivity contribution in [3.05, 3.63) is 56.9 Å². The van der Waals surface area contributed by atoms with Crippen molar-refractivity contribution < 1.29 is 14.6 Å². The molecule has 1 heterocycles. The van der Waals surface area contributed by atoms with Crippen LogP contribution >= 0.6 is 27.7 Å². The van der Waals surface area contributed by atoms with Crippen LogP contribution in [0.25, 0.3) is 6.08 Å². The molecule has 0 saturated carbocycles. The van der Waals surface area contributed by atoms with Gasteiger partial charge in [-0.05, 0) is 48.9 Å². The molecule has 7 heteroatoms. The SMILES string of the molecule is COc1ccc(C)cc1NC1NC(=O)/C(=C/c2cc(Br)ccc2O)S1. The van der Waals surface area contributed by atoms with Gasteiger partial charge in [0.25, 0.3) is 5.91 Å². The number of carbonyl (C=O) groups is 1. The highest BCUT2D eigenvalue weighted by atomic mass is 79.9. The molecule has 1 aliphatic rings. The summed E-state index contributed by atoms with van der Waals surface area (Å²) in [6.07, 6.45) is 1.68. The van der Waals surface area contributed by atoms with Crippen molar-refractivity contribution >= 4 is 45.4 Å². The monoisotopic (exact) mass is 420 g/mol. The number of aryl methyl sites for hydroxylation is 1. The van der Waals surface area contributed by atoms with Gasteiger partial charge in [0.1, 0.15) is 11.5 Å². The highest BCUT2D eigenvalue weighted by Crippen LogP contribution is 2.35. The number of thioether (sulfide) groups is 1. The van der Waals surface area contributed by atoms with Gasteiger partial charge in [-0.25, -0.2) is 0 Å². The van der Waals surface area contributed by atoms with Crippen LogP contribution in [0, 0.1) is 6.92 Å². The number of phenols is 1. The number of amides is 1. The molecule has 1 unspecified atom stereocenters. The quantitative estimate of drug-likeness (QED) is 0.650. The van der Waals surface area contributed by atoms with Crippen LogP contribution in [0.5, 0.6) is 11.5 Å². The lowest BCUT2D eigenvalue weighted by Crippen LogP contribution is -2.31. The molecule has 1 atom stereocenters. The first kappa shape index (κ1) is 17.7. The lowest BCUT2D eigenvalue weighted by molar-refractivity contribution is -0.116. The van der Waals surface area contributed by atoms with Crippen LogP contribution in [0.3, 0.4) is 0 Å². The Labute approximate surface area is 158 Å². The summed E-state index contributed by atoms with van der Waals surface area (Å²) in [6.45, 7) is 1.99. The summed E-state index contributed by atoms with van der Waals surface area (Å²) in [7, 11) is 1.61. The van der Waals surface area contributed by atoms with Gasteiger partial charge >= 0.3 is 0 Å². The first-order valence-electron chi connectivity index (χ1n) is 7.55. The van der Waals surface area contributed by atoms with Gasteiger partial charge < -0.3 is 20.5 Å². The second-order valence-corrected chi connectivity index (χ2v) is 7.59. The maximum atomic E-state index is 12.2. The minimum absolute atomic E-state index is 0.126.